The Morgan fingerprint density at radius 1 is 1.08 bits per heavy atom. The Labute approximate surface area is 225 Å². The number of benzene rings is 1. The lowest BCUT2D eigenvalue weighted by atomic mass is 9.67. The number of allylic oxidation sites excluding steroid dienone is 2. The van der Waals surface area contributed by atoms with E-state index in [1.165, 1.54) is 21.3 Å². The number of fused-ring (bicyclic) bond motifs is 1. The van der Waals surface area contributed by atoms with Crippen molar-refractivity contribution in [1.82, 2.24) is 0 Å². The Bertz CT molecular complexity index is 1090. The van der Waals surface area contributed by atoms with Gasteiger partial charge in [0, 0.05) is 29.7 Å². The number of esters is 2. The van der Waals surface area contributed by atoms with Gasteiger partial charge in [-0.3, -0.25) is 0 Å². The monoisotopic (exact) mass is 530 g/mol. The highest BCUT2D eigenvalue weighted by Crippen LogP contribution is 2.59. The van der Waals surface area contributed by atoms with Crippen LogP contribution in [0.5, 0.6) is 17.2 Å². The minimum Gasteiger partial charge on any atom is -0.493 e. The number of ether oxygens (including phenoxy) is 5. The van der Waals surface area contributed by atoms with Gasteiger partial charge in [-0.25, -0.2) is 9.59 Å². The first-order valence-electron chi connectivity index (χ1n) is 13.1. The largest absolute Gasteiger partial charge is 0.493 e. The molecule has 1 aromatic rings. The van der Waals surface area contributed by atoms with Crippen LogP contribution in [0.15, 0.2) is 35.4 Å². The van der Waals surface area contributed by atoms with E-state index in [0.717, 1.165) is 5.57 Å². The van der Waals surface area contributed by atoms with Crippen molar-refractivity contribution in [1.29, 1.82) is 0 Å². The second-order valence-corrected chi connectivity index (χ2v) is 11.0. The number of aliphatic hydroxyl groups is 1. The lowest BCUT2D eigenvalue weighted by molar-refractivity contribution is -0.151. The first-order chi connectivity index (χ1) is 17.9. The van der Waals surface area contributed by atoms with E-state index in [2.05, 4.69) is 6.08 Å². The SMILES string of the molecule is CC=C(C)C(=O)OC1CC(O)(C(C)C)C2C(OC(=O)c3cc(OC)c(OC)c(OC)c3)CC(C)=CCC12C. The van der Waals surface area contributed by atoms with Crippen LogP contribution in [-0.4, -0.2) is 56.2 Å². The predicted molar refractivity (Wildman–Crippen MR) is 144 cm³/mol. The Kier molecular flexibility index (Phi) is 8.86. The molecule has 1 saturated carbocycles. The van der Waals surface area contributed by atoms with E-state index in [4.69, 9.17) is 23.7 Å². The van der Waals surface area contributed by atoms with Gasteiger partial charge < -0.3 is 28.8 Å². The average Bonchev–Trinajstić information content (AvgIpc) is 3.02. The highest BCUT2D eigenvalue weighted by molar-refractivity contribution is 5.91. The van der Waals surface area contributed by atoms with Crippen LogP contribution in [0.1, 0.15) is 71.2 Å². The summed E-state index contributed by atoms with van der Waals surface area (Å²) < 4.78 is 28.4. The van der Waals surface area contributed by atoms with Crippen LogP contribution in [-0.2, 0) is 14.3 Å². The molecule has 0 radical (unpaired) electrons. The minimum atomic E-state index is -1.22. The highest BCUT2D eigenvalue weighted by atomic mass is 16.6. The van der Waals surface area contributed by atoms with Crippen LogP contribution in [0.4, 0.5) is 0 Å². The van der Waals surface area contributed by atoms with E-state index in [-0.39, 0.29) is 17.9 Å². The third kappa shape index (κ3) is 5.28. The van der Waals surface area contributed by atoms with Gasteiger partial charge in [-0.05, 0) is 45.2 Å². The van der Waals surface area contributed by atoms with Gasteiger partial charge >= 0.3 is 11.9 Å². The lowest BCUT2D eigenvalue weighted by Crippen LogP contribution is -2.50. The van der Waals surface area contributed by atoms with Gasteiger partial charge in [0.25, 0.3) is 0 Å². The van der Waals surface area contributed by atoms with Gasteiger partial charge in [0.1, 0.15) is 12.2 Å². The van der Waals surface area contributed by atoms with Crippen LogP contribution < -0.4 is 14.2 Å². The van der Waals surface area contributed by atoms with Gasteiger partial charge in [-0.15, -0.1) is 0 Å². The number of carbonyl (C=O) groups is 2. The summed E-state index contributed by atoms with van der Waals surface area (Å²) in [5.41, 5.74) is -0.0759. The fourth-order valence-electron chi connectivity index (χ4n) is 5.97. The summed E-state index contributed by atoms with van der Waals surface area (Å²) in [6, 6.07) is 3.10. The van der Waals surface area contributed by atoms with Gasteiger partial charge in [0.2, 0.25) is 5.75 Å². The molecular weight excluding hydrogens is 488 g/mol. The van der Waals surface area contributed by atoms with Crippen LogP contribution in [0, 0.1) is 17.3 Å². The Morgan fingerprint density at radius 3 is 2.18 bits per heavy atom. The maximum Gasteiger partial charge on any atom is 0.338 e. The molecule has 5 atom stereocenters. The summed E-state index contributed by atoms with van der Waals surface area (Å²) >= 11 is 0. The number of methoxy groups -OCH3 is 3. The zero-order chi connectivity index (χ0) is 28.4. The molecule has 2 aliphatic carbocycles. The molecule has 0 heterocycles. The Morgan fingerprint density at radius 2 is 1.68 bits per heavy atom. The van der Waals surface area contributed by atoms with Gasteiger partial charge in [0.15, 0.2) is 11.5 Å². The van der Waals surface area contributed by atoms with Crippen molar-refractivity contribution in [2.24, 2.45) is 17.3 Å². The molecule has 38 heavy (non-hydrogen) atoms. The van der Waals surface area contributed by atoms with E-state index in [9.17, 15) is 14.7 Å². The van der Waals surface area contributed by atoms with Crippen LogP contribution in [0.3, 0.4) is 0 Å². The fourth-order valence-corrected chi connectivity index (χ4v) is 5.97. The number of rotatable bonds is 8. The average molecular weight is 531 g/mol. The Hall–Kier alpha value is -3.00. The molecule has 3 rings (SSSR count). The maximum absolute atomic E-state index is 13.6. The zero-order valence-corrected chi connectivity index (χ0v) is 24.0. The fraction of sp³-hybridized carbons (Fsp3) is 0.600. The third-order valence-electron chi connectivity index (χ3n) is 8.45. The van der Waals surface area contributed by atoms with E-state index < -0.39 is 41.1 Å². The van der Waals surface area contributed by atoms with Crippen molar-refractivity contribution in [2.45, 2.75) is 78.6 Å². The minimum absolute atomic E-state index is 0.167. The molecule has 0 spiro atoms. The van der Waals surface area contributed by atoms with E-state index in [0.29, 0.717) is 35.7 Å². The normalized spacial score (nSPS) is 29.2. The second kappa shape index (κ2) is 11.4. The lowest BCUT2D eigenvalue weighted by Gasteiger charge is -2.43. The van der Waals surface area contributed by atoms with Crippen molar-refractivity contribution >= 4 is 11.9 Å². The molecule has 0 amide bonds. The molecule has 0 saturated heterocycles. The quantitative estimate of drug-likeness (QED) is 0.276. The van der Waals surface area contributed by atoms with Crippen molar-refractivity contribution < 1.29 is 38.4 Å². The molecule has 1 N–H and O–H groups in total. The van der Waals surface area contributed by atoms with Crippen LogP contribution >= 0.6 is 0 Å². The standard InChI is InChI=1S/C30H42O8/c1-10-19(5)27(31)38-24-16-30(33,17(2)3)26-23(13-18(4)11-12-29(24,26)6)37-28(32)20-14-21(34-7)25(36-9)22(15-20)35-8/h10-11,14-15,17,23-24,26,33H,12-13,16H2,1-9H3. The molecule has 0 bridgehead atoms. The molecule has 210 valence electrons. The van der Waals surface area contributed by atoms with Gasteiger partial charge in [0.05, 0.1) is 32.5 Å². The van der Waals surface area contributed by atoms with Crippen molar-refractivity contribution in [3.05, 3.63) is 41.0 Å². The molecule has 5 unspecified atom stereocenters. The zero-order valence-electron chi connectivity index (χ0n) is 24.0. The molecule has 8 nitrogen and oxygen atoms in total. The number of hydrogen-bond acceptors (Lipinski definition) is 8. The predicted octanol–water partition coefficient (Wildman–Crippen LogP) is 5.27. The van der Waals surface area contributed by atoms with Gasteiger partial charge in [-0.2, -0.15) is 0 Å². The van der Waals surface area contributed by atoms with E-state index in [1.807, 2.05) is 27.7 Å². The Balaban J connectivity index is 2.04. The molecule has 1 aromatic carbocycles. The number of carbonyl (C=O) groups excluding carboxylic acids is 2. The summed E-state index contributed by atoms with van der Waals surface area (Å²) in [5.74, 6) is -0.558. The summed E-state index contributed by atoms with van der Waals surface area (Å²) in [4.78, 5) is 26.3. The topological polar surface area (TPSA) is 101 Å². The first-order valence-corrected chi connectivity index (χ1v) is 13.1. The molecule has 1 fully saturated rings. The molecular formula is C30H42O8. The summed E-state index contributed by atoms with van der Waals surface area (Å²) in [6.07, 6.45) is 3.93. The van der Waals surface area contributed by atoms with Crippen LogP contribution in [0.25, 0.3) is 0 Å². The second-order valence-electron chi connectivity index (χ2n) is 11.0. The maximum atomic E-state index is 13.6. The highest BCUT2D eigenvalue weighted by Gasteiger charge is 2.65. The van der Waals surface area contributed by atoms with Gasteiger partial charge in [-0.1, -0.05) is 38.5 Å². The molecule has 2 aliphatic rings. The third-order valence-corrected chi connectivity index (χ3v) is 8.45. The van der Waals surface area contributed by atoms with Crippen molar-refractivity contribution in [2.75, 3.05) is 21.3 Å². The molecule has 8 heteroatoms. The van der Waals surface area contributed by atoms with E-state index >= 15 is 0 Å². The summed E-state index contributed by atoms with van der Waals surface area (Å²) in [7, 11) is 4.46. The smallest absolute Gasteiger partial charge is 0.338 e. The van der Waals surface area contributed by atoms with Crippen molar-refractivity contribution in [3.63, 3.8) is 0 Å². The summed E-state index contributed by atoms with van der Waals surface area (Å²) in [5, 5.41) is 12.1. The number of hydrogen-bond donors (Lipinski definition) is 1. The first kappa shape index (κ1) is 29.6. The molecule has 0 aromatic heterocycles. The van der Waals surface area contributed by atoms with Crippen molar-refractivity contribution in [3.8, 4) is 17.2 Å². The van der Waals surface area contributed by atoms with E-state index in [1.54, 1.807) is 32.1 Å². The molecule has 0 aliphatic heterocycles. The summed E-state index contributed by atoms with van der Waals surface area (Å²) in [6.45, 7) is 11.4. The van der Waals surface area contributed by atoms with Crippen LogP contribution in [0.2, 0.25) is 0 Å².